The molecule has 0 aromatic carbocycles. The van der Waals surface area contributed by atoms with E-state index in [1.165, 1.54) is 16.8 Å². The summed E-state index contributed by atoms with van der Waals surface area (Å²) in [5.41, 5.74) is 1.50. The van der Waals surface area contributed by atoms with Crippen LogP contribution >= 0.6 is 22.9 Å². The van der Waals surface area contributed by atoms with Crippen LogP contribution in [0.25, 0.3) is 0 Å². The van der Waals surface area contributed by atoms with E-state index in [0.717, 1.165) is 0 Å². The number of thiazole rings is 1. The number of amides is 1. The van der Waals surface area contributed by atoms with Gasteiger partial charge in [0.15, 0.2) is 5.15 Å². The van der Waals surface area contributed by atoms with Crippen molar-refractivity contribution in [1.82, 2.24) is 10.3 Å². The molecule has 0 aliphatic heterocycles. The van der Waals surface area contributed by atoms with Crippen LogP contribution in [0.4, 0.5) is 0 Å². The predicted octanol–water partition coefficient (Wildman–Crippen LogP) is 0.907. The molecule has 1 atom stereocenters. The van der Waals surface area contributed by atoms with Crippen molar-refractivity contribution in [2.75, 3.05) is 6.54 Å². The zero-order valence-corrected chi connectivity index (χ0v) is 8.52. The zero-order chi connectivity index (χ0) is 9.84. The monoisotopic (exact) mass is 220 g/mol. The van der Waals surface area contributed by atoms with Crippen LogP contribution in [0.15, 0.2) is 5.51 Å². The molecule has 1 rings (SSSR count). The van der Waals surface area contributed by atoms with Gasteiger partial charge in [0.1, 0.15) is 4.88 Å². The number of nitrogens with zero attached hydrogens (tertiary/aromatic N) is 1. The molecule has 1 heterocycles. The Kier molecular flexibility index (Phi) is 3.65. The van der Waals surface area contributed by atoms with Crippen molar-refractivity contribution in [2.24, 2.45) is 0 Å². The normalized spacial score (nSPS) is 12.5. The summed E-state index contributed by atoms with van der Waals surface area (Å²) in [6.07, 6.45) is -0.560. The average Bonchev–Trinajstić information content (AvgIpc) is 2.47. The maximum absolute atomic E-state index is 11.3. The standard InChI is InChI=1S/C7H9ClN2O2S/c1-4(11)2-9-7(12)5-6(8)10-3-13-5/h3-4,11H,2H2,1H3,(H,9,12)/t4-/m1/s1. The van der Waals surface area contributed by atoms with Crippen LogP contribution in [0.5, 0.6) is 0 Å². The quantitative estimate of drug-likeness (QED) is 0.796. The van der Waals surface area contributed by atoms with Crippen molar-refractivity contribution >= 4 is 28.8 Å². The number of carbonyl (C=O) groups excluding carboxylic acids is 1. The van der Waals surface area contributed by atoms with E-state index in [-0.39, 0.29) is 17.6 Å². The van der Waals surface area contributed by atoms with E-state index in [1.807, 2.05) is 0 Å². The summed E-state index contributed by atoms with van der Waals surface area (Å²) >= 11 is 6.80. The lowest BCUT2D eigenvalue weighted by atomic mass is 10.4. The smallest absolute Gasteiger partial charge is 0.264 e. The number of nitrogens with one attached hydrogen (secondary N) is 1. The highest BCUT2D eigenvalue weighted by molar-refractivity contribution is 7.12. The van der Waals surface area contributed by atoms with Crippen LogP contribution in [0.3, 0.4) is 0 Å². The molecule has 0 spiro atoms. The van der Waals surface area contributed by atoms with Crippen molar-refractivity contribution < 1.29 is 9.90 Å². The van der Waals surface area contributed by atoms with Gasteiger partial charge in [-0.15, -0.1) is 11.3 Å². The number of aliphatic hydroxyl groups is 1. The molecule has 72 valence electrons. The third kappa shape index (κ3) is 2.95. The Morgan fingerprint density at radius 2 is 2.62 bits per heavy atom. The number of hydrogen-bond donors (Lipinski definition) is 2. The number of hydrogen-bond acceptors (Lipinski definition) is 4. The van der Waals surface area contributed by atoms with Gasteiger partial charge in [-0.25, -0.2) is 4.98 Å². The van der Waals surface area contributed by atoms with E-state index >= 15 is 0 Å². The molecule has 0 aliphatic carbocycles. The summed E-state index contributed by atoms with van der Waals surface area (Å²) < 4.78 is 0. The first-order valence-corrected chi connectivity index (χ1v) is 4.92. The van der Waals surface area contributed by atoms with Crippen molar-refractivity contribution in [2.45, 2.75) is 13.0 Å². The van der Waals surface area contributed by atoms with E-state index in [0.29, 0.717) is 4.88 Å². The molecule has 4 nitrogen and oxygen atoms in total. The van der Waals surface area contributed by atoms with Gasteiger partial charge in [0.05, 0.1) is 11.6 Å². The van der Waals surface area contributed by atoms with E-state index in [4.69, 9.17) is 16.7 Å². The molecule has 1 aromatic rings. The lowest BCUT2D eigenvalue weighted by Crippen LogP contribution is -2.30. The van der Waals surface area contributed by atoms with Gasteiger partial charge in [0.2, 0.25) is 0 Å². The summed E-state index contributed by atoms with van der Waals surface area (Å²) in [6.45, 7) is 1.81. The van der Waals surface area contributed by atoms with Crippen molar-refractivity contribution in [3.05, 3.63) is 15.5 Å². The fraction of sp³-hybridized carbons (Fsp3) is 0.429. The summed E-state index contributed by atoms with van der Waals surface area (Å²) in [7, 11) is 0. The van der Waals surface area contributed by atoms with Crippen LogP contribution < -0.4 is 5.32 Å². The van der Waals surface area contributed by atoms with E-state index in [9.17, 15) is 4.79 Å². The Morgan fingerprint density at radius 3 is 3.08 bits per heavy atom. The van der Waals surface area contributed by atoms with Crippen LogP contribution in [-0.2, 0) is 0 Å². The molecule has 0 radical (unpaired) electrons. The average molecular weight is 221 g/mol. The molecule has 0 fully saturated rings. The van der Waals surface area contributed by atoms with Gasteiger partial charge in [-0.3, -0.25) is 4.79 Å². The first-order chi connectivity index (χ1) is 6.11. The van der Waals surface area contributed by atoms with Crippen LogP contribution in [0.1, 0.15) is 16.6 Å². The van der Waals surface area contributed by atoms with Gasteiger partial charge in [0, 0.05) is 6.54 Å². The van der Waals surface area contributed by atoms with Crippen molar-refractivity contribution in [3.63, 3.8) is 0 Å². The third-order valence-electron chi connectivity index (χ3n) is 1.29. The van der Waals surface area contributed by atoms with Gasteiger partial charge in [-0.05, 0) is 6.92 Å². The largest absolute Gasteiger partial charge is 0.392 e. The Labute approximate surface area is 84.6 Å². The lowest BCUT2D eigenvalue weighted by molar-refractivity contribution is 0.0928. The van der Waals surface area contributed by atoms with Crippen molar-refractivity contribution in [1.29, 1.82) is 0 Å². The minimum atomic E-state index is -0.560. The van der Waals surface area contributed by atoms with Gasteiger partial charge < -0.3 is 10.4 Å². The number of aliphatic hydroxyl groups excluding tert-OH is 1. The van der Waals surface area contributed by atoms with Gasteiger partial charge in [-0.2, -0.15) is 0 Å². The molecule has 0 bridgehead atoms. The first kappa shape index (κ1) is 10.4. The second-order valence-corrected chi connectivity index (χ2v) is 3.74. The second kappa shape index (κ2) is 4.55. The molecule has 2 N–H and O–H groups in total. The van der Waals surface area contributed by atoms with E-state index < -0.39 is 6.10 Å². The minimum absolute atomic E-state index is 0.202. The maximum atomic E-state index is 11.3. The second-order valence-electron chi connectivity index (χ2n) is 2.53. The number of halogens is 1. The Bertz CT molecular complexity index is 300. The number of rotatable bonds is 3. The molecule has 0 saturated carbocycles. The predicted molar refractivity (Wildman–Crippen MR) is 51.1 cm³/mol. The summed E-state index contributed by atoms with van der Waals surface area (Å²) in [5, 5.41) is 11.6. The maximum Gasteiger partial charge on any atom is 0.264 e. The molecule has 0 aliphatic rings. The SMILES string of the molecule is C[C@@H](O)CNC(=O)c1scnc1Cl. The molecule has 0 unspecified atom stereocenters. The summed E-state index contributed by atoms with van der Waals surface area (Å²) in [5.74, 6) is -0.298. The van der Waals surface area contributed by atoms with Crippen LogP contribution in [-0.4, -0.2) is 28.6 Å². The van der Waals surface area contributed by atoms with Gasteiger partial charge >= 0.3 is 0 Å². The summed E-state index contributed by atoms with van der Waals surface area (Å²) in [6, 6.07) is 0. The number of aromatic nitrogens is 1. The first-order valence-electron chi connectivity index (χ1n) is 3.66. The fourth-order valence-electron chi connectivity index (χ4n) is 0.700. The lowest BCUT2D eigenvalue weighted by Gasteiger charge is -2.04. The molecule has 1 amide bonds. The Morgan fingerprint density at radius 1 is 1.92 bits per heavy atom. The molecule has 6 heteroatoms. The van der Waals surface area contributed by atoms with E-state index in [2.05, 4.69) is 10.3 Å². The zero-order valence-electron chi connectivity index (χ0n) is 6.95. The fourth-order valence-corrected chi connectivity index (χ4v) is 1.62. The molecular formula is C7H9ClN2O2S. The Balaban J connectivity index is 2.54. The van der Waals surface area contributed by atoms with Gasteiger partial charge in [0.25, 0.3) is 5.91 Å². The topological polar surface area (TPSA) is 62.2 Å². The summed E-state index contributed by atoms with van der Waals surface area (Å²) in [4.78, 5) is 15.4. The molecule has 0 saturated heterocycles. The number of carbonyl (C=O) groups is 1. The van der Waals surface area contributed by atoms with Crippen LogP contribution in [0.2, 0.25) is 5.15 Å². The Hall–Kier alpha value is -0.650. The highest BCUT2D eigenvalue weighted by atomic mass is 35.5. The van der Waals surface area contributed by atoms with Crippen LogP contribution in [0, 0.1) is 0 Å². The van der Waals surface area contributed by atoms with Crippen molar-refractivity contribution in [3.8, 4) is 0 Å². The van der Waals surface area contributed by atoms with E-state index in [1.54, 1.807) is 6.92 Å². The molecule has 1 aromatic heterocycles. The third-order valence-corrected chi connectivity index (χ3v) is 2.51. The molecule has 13 heavy (non-hydrogen) atoms. The van der Waals surface area contributed by atoms with Gasteiger partial charge in [-0.1, -0.05) is 11.6 Å². The highest BCUT2D eigenvalue weighted by Gasteiger charge is 2.12. The highest BCUT2D eigenvalue weighted by Crippen LogP contribution is 2.17. The molecular weight excluding hydrogens is 212 g/mol. The minimum Gasteiger partial charge on any atom is -0.392 e.